The normalized spacial score (nSPS) is 10.2. The van der Waals surface area contributed by atoms with Crippen molar-refractivity contribution in [3.63, 3.8) is 0 Å². The maximum Gasteiger partial charge on any atom is 0.339 e. The van der Waals surface area contributed by atoms with E-state index < -0.39 is 11.5 Å². The fourth-order valence-electron chi connectivity index (χ4n) is 1.49. The zero-order valence-electron chi connectivity index (χ0n) is 10.1. The van der Waals surface area contributed by atoms with Gasteiger partial charge in [-0.15, -0.1) is 0 Å². The van der Waals surface area contributed by atoms with Gasteiger partial charge in [0, 0.05) is 25.1 Å². The smallest absolute Gasteiger partial charge is 0.339 e. The van der Waals surface area contributed by atoms with Gasteiger partial charge in [0.1, 0.15) is 5.56 Å². The molecule has 0 bridgehead atoms. The van der Waals surface area contributed by atoms with Crippen LogP contribution in [-0.4, -0.2) is 25.6 Å². The second kappa shape index (κ2) is 5.30. The summed E-state index contributed by atoms with van der Waals surface area (Å²) >= 11 is 0. The molecule has 2 heterocycles. The van der Waals surface area contributed by atoms with Gasteiger partial charge >= 0.3 is 11.5 Å². The van der Waals surface area contributed by atoms with E-state index in [9.17, 15) is 9.59 Å². The Morgan fingerprint density at radius 1 is 1.47 bits per heavy atom. The Morgan fingerprint density at radius 3 is 2.95 bits per heavy atom. The van der Waals surface area contributed by atoms with Crippen molar-refractivity contribution in [3.05, 3.63) is 46.8 Å². The molecule has 98 valence electrons. The van der Waals surface area contributed by atoms with Gasteiger partial charge in [0.25, 0.3) is 5.88 Å². The number of rotatable bonds is 4. The van der Waals surface area contributed by atoms with Gasteiger partial charge in [-0.05, 0) is 13.0 Å². The zero-order chi connectivity index (χ0) is 13.8. The van der Waals surface area contributed by atoms with Crippen LogP contribution in [0.2, 0.25) is 0 Å². The number of aryl methyl sites for hydroxylation is 1. The molecule has 0 radical (unpaired) electrons. The fraction of sp³-hybridized carbons (Fsp3) is 0.167. The van der Waals surface area contributed by atoms with Crippen LogP contribution in [0.4, 0.5) is 0 Å². The highest BCUT2D eigenvalue weighted by Crippen LogP contribution is 2.20. The summed E-state index contributed by atoms with van der Waals surface area (Å²) in [5, 5.41) is 9.00. The van der Waals surface area contributed by atoms with E-state index in [1.807, 2.05) is 0 Å². The van der Waals surface area contributed by atoms with Crippen LogP contribution in [0.25, 0.3) is 0 Å². The van der Waals surface area contributed by atoms with Crippen LogP contribution in [0.15, 0.2) is 35.6 Å². The molecule has 0 aromatic carbocycles. The monoisotopic (exact) mass is 261 g/mol. The number of carboxylic acid groups (broad SMARTS) is 1. The minimum Gasteiger partial charge on any atom is -0.478 e. The van der Waals surface area contributed by atoms with E-state index in [1.54, 1.807) is 6.92 Å². The first-order chi connectivity index (χ1) is 9.13. The number of aromatic nitrogens is 3. The molecule has 1 N–H and O–H groups in total. The highest BCUT2D eigenvalue weighted by atomic mass is 16.5. The Bertz CT molecular complexity index is 666. The van der Waals surface area contributed by atoms with Crippen molar-refractivity contribution in [1.29, 1.82) is 0 Å². The van der Waals surface area contributed by atoms with Crippen LogP contribution in [0.3, 0.4) is 0 Å². The maximum atomic E-state index is 11.9. The Morgan fingerprint density at radius 2 is 2.26 bits per heavy atom. The second-order valence-corrected chi connectivity index (χ2v) is 3.60. The molecular weight excluding hydrogens is 250 g/mol. The highest BCUT2D eigenvalue weighted by Gasteiger charge is 2.14. The SMILES string of the molecule is CCn1ccnc(Oc2cnccc2C(=O)O)c1=O. The van der Waals surface area contributed by atoms with Gasteiger partial charge in [0.05, 0.1) is 6.20 Å². The molecule has 2 rings (SSSR count). The molecule has 0 saturated heterocycles. The number of carboxylic acids is 1. The molecule has 0 amide bonds. The van der Waals surface area contributed by atoms with Gasteiger partial charge in [0.2, 0.25) is 0 Å². The van der Waals surface area contributed by atoms with E-state index in [0.29, 0.717) is 6.54 Å². The molecule has 2 aromatic rings. The number of ether oxygens (including phenoxy) is 1. The van der Waals surface area contributed by atoms with Gasteiger partial charge < -0.3 is 14.4 Å². The number of carbonyl (C=O) groups is 1. The summed E-state index contributed by atoms with van der Waals surface area (Å²) < 4.78 is 6.66. The van der Waals surface area contributed by atoms with Crippen LogP contribution in [0, 0.1) is 0 Å². The van der Waals surface area contributed by atoms with Crippen molar-refractivity contribution < 1.29 is 14.6 Å². The van der Waals surface area contributed by atoms with Gasteiger partial charge in [-0.1, -0.05) is 0 Å². The first kappa shape index (κ1) is 12.7. The van der Waals surface area contributed by atoms with Crippen molar-refractivity contribution in [2.24, 2.45) is 0 Å². The number of hydrogen-bond acceptors (Lipinski definition) is 5. The molecule has 0 atom stereocenters. The summed E-state index contributed by atoms with van der Waals surface area (Å²) in [4.78, 5) is 30.5. The largest absolute Gasteiger partial charge is 0.478 e. The minimum atomic E-state index is -1.16. The Hall–Kier alpha value is -2.70. The molecule has 0 saturated carbocycles. The van der Waals surface area contributed by atoms with E-state index in [0.717, 1.165) is 0 Å². The third-order valence-electron chi connectivity index (χ3n) is 2.44. The molecule has 0 fully saturated rings. The summed E-state index contributed by atoms with van der Waals surface area (Å²) in [6.07, 6.45) is 5.50. The third-order valence-corrected chi connectivity index (χ3v) is 2.44. The molecule has 2 aromatic heterocycles. The standard InChI is InChI=1S/C12H11N3O4/c1-2-15-6-5-14-10(11(15)16)19-9-7-13-4-3-8(9)12(17)18/h3-7H,2H2,1H3,(H,17,18). The summed E-state index contributed by atoms with van der Waals surface area (Å²) in [5.41, 5.74) is -0.506. The molecular formula is C12H11N3O4. The minimum absolute atomic E-state index is 0.0200. The number of nitrogens with zero attached hydrogens (tertiary/aromatic N) is 3. The third kappa shape index (κ3) is 2.59. The quantitative estimate of drug-likeness (QED) is 0.887. The van der Waals surface area contributed by atoms with E-state index in [-0.39, 0.29) is 17.2 Å². The van der Waals surface area contributed by atoms with Gasteiger partial charge in [-0.3, -0.25) is 9.78 Å². The Kier molecular flexibility index (Phi) is 3.56. The number of hydrogen-bond donors (Lipinski definition) is 1. The predicted molar refractivity (Wildman–Crippen MR) is 65.4 cm³/mol. The molecule has 0 unspecified atom stereocenters. The highest BCUT2D eigenvalue weighted by molar-refractivity contribution is 5.90. The molecule has 0 aliphatic heterocycles. The summed E-state index contributed by atoms with van der Waals surface area (Å²) in [6.45, 7) is 2.27. The molecule has 19 heavy (non-hydrogen) atoms. The summed E-state index contributed by atoms with van der Waals surface area (Å²) in [6, 6.07) is 1.29. The first-order valence-corrected chi connectivity index (χ1v) is 5.54. The van der Waals surface area contributed by atoms with Gasteiger partial charge in [0.15, 0.2) is 5.75 Å². The maximum absolute atomic E-state index is 11.9. The van der Waals surface area contributed by atoms with Crippen LogP contribution < -0.4 is 10.3 Å². The van der Waals surface area contributed by atoms with Gasteiger partial charge in [-0.2, -0.15) is 0 Å². The van der Waals surface area contributed by atoms with Crippen LogP contribution in [-0.2, 0) is 6.54 Å². The van der Waals surface area contributed by atoms with E-state index in [4.69, 9.17) is 9.84 Å². The molecule has 7 heteroatoms. The molecule has 0 aliphatic carbocycles. The summed E-state index contributed by atoms with van der Waals surface area (Å²) in [5.74, 6) is -1.36. The summed E-state index contributed by atoms with van der Waals surface area (Å²) in [7, 11) is 0. The number of aromatic carboxylic acids is 1. The van der Waals surface area contributed by atoms with Crippen molar-refractivity contribution in [3.8, 4) is 11.6 Å². The van der Waals surface area contributed by atoms with E-state index >= 15 is 0 Å². The van der Waals surface area contributed by atoms with Crippen molar-refractivity contribution in [2.45, 2.75) is 13.5 Å². The Balaban J connectivity index is 2.42. The van der Waals surface area contributed by atoms with Crippen LogP contribution >= 0.6 is 0 Å². The molecule has 0 aliphatic rings. The Labute approximate surface area is 108 Å². The zero-order valence-corrected chi connectivity index (χ0v) is 10.1. The lowest BCUT2D eigenvalue weighted by Crippen LogP contribution is -2.21. The number of pyridine rings is 1. The van der Waals surface area contributed by atoms with Crippen molar-refractivity contribution >= 4 is 5.97 Å². The van der Waals surface area contributed by atoms with Gasteiger partial charge in [-0.25, -0.2) is 9.78 Å². The average molecular weight is 261 g/mol. The van der Waals surface area contributed by atoms with Crippen LogP contribution in [0.5, 0.6) is 11.6 Å². The van der Waals surface area contributed by atoms with Crippen LogP contribution in [0.1, 0.15) is 17.3 Å². The van der Waals surface area contributed by atoms with Crippen molar-refractivity contribution in [1.82, 2.24) is 14.5 Å². The predicted octanol–water partition coefficient (Wildman–Crippen LogP) is 1.15. The first-order valence-electron chi connectivity index (χ1n) is 5.54. The molecule has 7 nitrogen and oxygen atoms in total. The lowest BCUT2D eigenvalue weighted by Gasteiger charge is -2.07. The fourth-order valence-corrected chi connectivity index (χ4v) is 1.49. The van der Waals surface area contributed by atoms with Crippen molar-refractivity contribution in [2.75, 3.05) is 0 Å². The second-order valence-electron chi connectivity index (χ2n) is 3.60. The topological polar surface area (TPSA) is 94.3 Å². The lowest BCUT2D eigenvalue weighted by atomic mass is 10.2. The average Bonchev–Trinajstić information content (AvgIpc) is 2.41. The van der Waals surface area contributed by atoms with E-state index in [1.165, 1.54) is 35.4 Å². The lowest BCUT2D eigenvalue weighted by molar-refractivity contribution is 0.0694. The van der Waals surface area contributed by atoms with E-state index in [2.05, 4.69) is 9.97 Å². The molecule has 0 spiro atoms.